The van der Waals surface area contributed by atoms with Crippen molar-refractivity contribution < 1.29 is 14.3 Å². The number of carbonyl (C=O) groups is 1. The van der Waals surface area contributed by atoms with Crippen molar-refractivity contribution in [1.82, 2.24) is 9.47 Å². The van der Waals surface area contributed by atoms with Crippen LogP contribution >= 0.6 is 23.1 Å². The average molecular weight is 405 g/mol. The van der Waals surface area contributed by atoms with Gasteiger partial charge in [-0.25, -0.2) is 0 Å². The first kappa shape index (κ1) is 17.3. The Hall–Kier alpha value is -1.77. The maximum Gasteiger partial charge on any atom is 0.308 e. The number of rotatable bonds is 2. The predicted octanol–water partition coefficient (Wildman–Crippen LogP) is 2.01. The quantitative estimate of drug-likeness (QED) is 0.766. The first-order valence-electron chi connectivity index (χ1n) is 9.16. The van der Waals surface area contributed by atoms with E-state index in [0.29, 0.717) is 38.8 Å². The van der Waals surface area contributed by atoms with E-state index in [1.807, 2.05) is 18.2 Å². The second-order valence-corrected chi connectivity index (χ2v) is 9.02. The van der Waals surface area contributed by atoms with Crippen molar-refractivity contribution in [2.75, 3.05) is 38.7 Å². The summed E-state index contributed by atoms with van der Waals surface area (Å²) in [7, 11) is 0. The number of hydrogen-bond acceptors (Lipinski definition) is 6. The van der Waals surface area contributed by atoms with Gasteiger partial charge in [0.2, 0.25) is 5.91 Å². The molecule has 0 saturated carbocycles. The molecule has 8 heteroatoms. The Morgan fingerprint density at radius 2 is 2.04 bits per heavy atom. The molecule has 0 bridgehead atoms. The third-order valence-corrected chi connectivity index (χ3v) is 7.93. The number of fused-ring (bicyclic) bond motifs is 5. The highest BCUT2D eigenvalue weighted by Crippen LogP contribution is 2.50. The standard InChI is InChI=1S/C19H20N2O4S2/c22-15(20-5-7-24-8-6-20)9-21-18-17(27-19(21)23)16-12(11-26-18)10-25-14-4-2-1-3-13(14)16/h1-4,12,16H,5-11H2/t12-,16-/m0/s1. The fourth-order valence-electron chi connectivity index (χ4n) is 4.04. The van der Waals surface area contributed by atoms with Gasteiger partial charge in [0.25, 0.3) is 0 Å². The first-order valence-corrected chi connectivity index (χ1v) is 11.0. The summed E-state index contributed by atoms with van der Waals surface area (Å²) in [6, 6.07) is 8.09. The predicted molar refractivity (Wildman–Crippen MR) is 104 cm³/mol. The lowest BCUT2D eigenvalue weighted by Gasteiger charge is -2.36. The maximum absolute atomic E-state index is 12.8. The van der Waals surface area contributed by atoms with E-state index in [-0.39, 0.29) is 23.2 Å². The zero-order valence-corrected chi connectivity index (χ0v) is 16.4. The Morgan fingerprint density at radius 3 is 2.89 bits per heavy atom. The van der Waals surface area contributed by atoms with Crippen LogP contribution < -0.4 is 9.61 Å². The van der Waals surface area contributed by atoms with Gasteiger partial charge in [0.15, 0.2) is 0 Å². The Balaban J connectivity index is 1.49. The van der Waals surface area contributed by atoms with Gasteiger partial charge in [-0.3, -0.25) is 14.2 Å². The molecule has 0 unspecified atom stereocenters. The van der Waals surface area contributed by atoms with Crippen molar-refractivity contribution in [3.05, 3.63) is 44.4 Å². The maximum atomic E-state index is 12.8. The van der Waals surface area contributed by atoms with E-state index in [2.05, 4.69) is 6.07 Å². The molecule has 0 N–H and O–H groups in total. The van der Waals surface area contributed by atoms with E-state index in [1.54, 1.807) is 21.2 Å². The topological polar surface area (TPSA) is 60.8 Å². The Morgan fingerprint density at radius 1 is 1.22 bits per heavy atom. The van der Waals surface area contributed by atoms with Crippen LogP contribution in [0.15, 0.2) is 34.1 Å². The molecule has 5 rings (SSSR count). The number of amides is 1. The van der Waals surface area contributed by atoms with Crippen molar-refractivity contribution in [3.8, 4) is 5.75 Å². The Bertz CT molecular complexity index is 932. The molecule has 6 nitrogen and oxygen atoms in total. The number of para-hydroxylation sites is 1. The number of morpholine rings is 1. The lowest BCUT2D eigenvalue weighted by molar-refractivity contribution is -0.136. The minimum atomic E-state index is -0.0428. The Kier molecular flexibility index (Phi) is 4.49. The number of ether oxygens (including phenoxy) is 2. The van der Waals surface area contributed by atoms with Crippen LogP contribution in [-0.4, -0.2) is 54.0 Å². The first-order chi connectivity index (χ1) is 13.2. The summed E-state index contributed by atoms with van der Waals surface area (Å²) in [6.45, 7) is 3.13. The van der Waals surface area contributed by atoms with Crippen molar-refractivity contribution >= 4 is 29.0 Å². The van der Waals surface area contributed by atoms with Crippen LogP contribution in [0.5, 0.6) is 5.75 Å². The molecule has 1 amide bonds. The van der Waals surface area contributed by atoms with E-state index < -0.39 is 0 Å². The van der Waals surface area contributed by atoms with Gasteiger partial charge in [0.05, 0.1) is 24.8 Å². The van der Waals surface area contributed by atoms with Crippen LogP contribution in [0.4, 0.5) is 0 Å². The number of nitrogens with zero attached hydrogens (tertiary/aromatic N) is 2. The molecule has 2 atom stereocenters. The number of thioether (sulfide) groups is 1. The summed E-state index contributed by atoms with van der Waals surface area (Å²) >= 11 is 2.97. The molecular formula is C19H20N2O4S2. The largest absolute Gasteiger partial charge is 0.493 e. The molecule has 27 heavy (non-hydrogen) atoms. The van der Waals surface area contributed by atoms with Gasteiger partial charge in [-0.1, -0.05) is 29.5 Å². The van der Waals surface area contributed by atoms with Crippen LogP contribution in [0, 0.1) is 5.92 Å². The summed E-state index contributed by atoms with van der Waals surface area (Å²) in [6.07, 6.45) is 0. The minimum Gasteiger partial charge on any atom is -0.493 e. The lowest BCUT2D eigenvalue weighted by Crippen LogP contribution is -2.43. The highest BCUT2D eigenvalue weighted by Gasteiger charge is 2.40. The summed E-state index contributed by atoms with van der Waals surface area (Å²) in [5, 5.41) is 0.963. The fourth-order valence-corrected chi connectivity index (χ4v) is 6.73. The van der Waals surface area contributed by atoms with Gasteiger partial charge in [0.1, 0.15) is 12.3 Å². The van der Waals surface area contributed by atoms with Gasteiger partial charge in [-0.2, -0.15) is 0 Å². The smallest absolute Gasteiger partial charge is 0.308 e. The molecule has 1 saturated heterocycles. The normalized spacial score (nSPS) is 23.8. The highest BCUT2D eigenvalue weighted by atomic mass is 32.2. The van der Waals surface area contributed by atoms with Gasteiger partial charge >= 0.3 is 4.87 Å². The van der Waals surface area contributed by atoms with Gasteiger partial charge in [0, 0.05) is 41.1 Å². The molecule has 0 aliphatic carbocycles. The SMILES string of the molecule is O=C(Cn1c2c(sc1=O)[C@@H]1c3ccccc3OC[C@H]1CS2)N1CCOCC1. The minimum absolute atomic E-state index is 0.00361. The fraction of sp³-hybridized carbons (Fsp3) is 0.474. The number of carbonyl (C=O) groups excluding carboxylic acids is 1. The van der Waals surface area contributed by atoms with Gasteiger partial charge in [-0.05, 0) is 6.07 Å². The van der Waals surface area contributed by atoms with Crippen LogP contribution in [0.2, 0.25) is 0 Å². The van der Waals surface area contributed by atoms with E-state index in [0.717, 1.165) is 27.0 Å². The molecule has 1 aromatic carbocycles. The molecule has 3 aliphatic rings. The molecule has 0 radical (unpaired) electrons. The number of benzene rings is 1. The molecule has 1 aromatic heterocycles. The Labute approximate surface area is 165 Å². The van der Waals surface area contributed by atoms with E-state index in [9.17, 15) is 9.59 Å². The number of hydrogen-bond donors (Lipinski definition) is 0. The molecule has 1 fully saturated rings. The van der Waals surface area contributed by atoms with Crippen LogP contribution in [0.25, 0.3) is 0 Å². The average Bonchev–Trinajstić information content (AvgIpc) is 3.03. The summed E-state index contributed by atoms with van der Waals surface area (Å²) in [5.41, 5.74) is 1.16. The highest BCUT2D eigenvalue weighted by molar-refractivity contribution is 7.99. The van der Waals surface area contributed by atoms with E-state index in [1.165, 1.54) is 11.3 Å². The number of thiazole rings is 1. The number of aromatic nitrogens is 1. The lowest BCUT2D eigenvalue weighted by atomic mass is 9.84. The van der Waals surface area contributed by atoms with Crippen LogP contribution in [-0.2, 0) is 16.1 Å². The van der Waals surface area contributed by atoms with Gasteiger partial charge < -0.3 is 14.4 Å². The molecular weight excluding hydrogens is 384 g/mol. The zero-order valence-electron chi connectivity index (χ0n) is 14.8. The summed E-state index contributed by atoms with van der Waals surface area (Å²) in [4.78, 5) is 28.3. The van der Waals surface area contributed by atoms with Crippen molar-refractivity contribution in [3.63, 3.8) is 0 Å². The van der Waals surface area contributed by atoms with Crippen LogP contribution in [0.3, 0.4) is 0 Å². The summed E-state index contributed by atoms with van der Waals surface area (Å²) in [5.74, 6) is 2.35. The van der Waals surface area contributed by atoms with Crippen molar-refractivity contribution in [2.45, 2.75) is 17.5 Å². The zero-order chi connectivity index (χ0) is 18.4. The van der Waals surface area contributed by atoms with E-state index >= 15 is 0 Å². The molecule has 142 valence electrons. The van der Waals surface area contributed by atoms with Crippen molar-refractivity contribution in [1.29, 1.82) is 0 Å². The molecule has 3 aliphatic heterocycles. The molecule has 0 spiro atoms. The molecule has 4 heterocycles. The third-order valence-electron chi connectivity index (χ3n) is 5.43. The van der Waals surface area contributed by atoms with Crippen LogP contribution in [0.1, 0.15) is 16.4 Å². The van der Waals surface area contributed by atoms with E-state index in [4.69, 9.17) is 9.47 Å². The monoisotopic (exact) mass is 404 g/mol. The summed E-state index contributed by atoms with van der Waals surface area (Å²) < 4.78 is 12.9. The molecule has 2 aromatic rings. The van der Waals surface area contributed by atoms with Crippen molar-refractivity contribution in [2.24, 2.45) is 5.92 Å². The van der Waals surface area contributed by atoms with Gasteiger partial charge in [-0.15, -0.1) is 11.8 Å². The third kappa shape index (κ3) is 2.99. The second-order valence-electron chi connectivity index (χ2n) is 7.01. The second kappa shape index (κ2) is 7.00.